The first-order chi connectivity index (χ1) is 7.49. The molecule has 0 heterocycles. The highest BCUT2D eigenvalue weighted by Gasteiger charge is 2.30. The van der Waals surface area contributed by atoms with Crippen molar-refractivity contribution >= 4 is 0 Å². The van der Waals surface area contributed by atoms with Crippen LogP contribution in [-0.2, 0) is 10.9 Å². The molecule has 1 rings (SSSR count). The van der Waals surface area contributed by atoms with Gasteiger partial charge in [0.1, 0.15) is 0 Å². The van der Waals surface area contributed by atoms with E-state index in [1.807, 2.05) is 0 Å². The van der Waals surface area contributed by atoms with E-state index in [2.05, 4.69) is 0 Å². The van der Waals surface area contributed by atoms with Gasteiger partial charge in [-0.15, -0.1) is 0 Å². The summed E-state index contributed by atoms with van der Waals surface area (Å²) >= 11 is 0. The van der Waals surface area contributed by atoms with Gasteiger partial charge in [-0.1, -0.05) is 12.1 Å². The second-order valence-electron chi connectivity index (χ2n) is 3.36. The summed E-state index contributed by atoms with van der Waals surface area (Å²) in [4.78, 5) is 0. The van der Waals surface area contributed by atoms with Gasteiger partial charge in [-0.2, -0.15) is 13.2 Å². The minimum absolute atomic E-state index is 0.130. The van der Waals surface area contributed by atoms with Crippen LogP contribution >= 0.6 is 0 Å². The van der Waals surface area contributed by atoms with Crippen LogP contribution in [0.4, 0.5) is 13.2 Å². The largest absolute Gasteiger partial charge is 0.416 e. The lowest BCUT2D eigenvalue weighted by atomic mass is 10.0. The number of ether oxygens (including phenoxy) is 1. The molecule has 0 aromatic heterocycles. The van der Waals surface area contributed by atoms with Crippen molar-refractivity contribution in [2.45, 2.75) is 18.7 Å². The summed E-state index contributed by atoms with van der Waals surface area (Å²) in [5.41, 5.74) is -0.281. The Bertz CT molecular complexity index is 336. The van der Waals surface area contributed by atoms with E-state index < -0.39 is 17.8 Å². The summed E-state index contributed by atoms with van der Waals surface area (Å²) in [6.45, 7) is -0.130. The third kappa shape index (κ3) is 3.21. The highest BCUT2D eigenvalue weighted by atomic mass is 19.4. The zero-order valence-electron chi connectivity index (χ0n) is 8.79. The molecule has 90 valence electrons. The summed E-state index contributed by atoms with van der Waals surface area (Å²) < 4.78 is 42.3. The van der Waals surface area contributed by atoms with Crippen LogP contribution in [0.1, 0.15) is 23.7 Å². The first-order valence-corrected chi connectivity index (χ1v) is 4.80. The van der Waals surface area contributed by atoms with Gasteiger partial charge in [0.15, 0.2) is 0 Å². The van der Waals surface area contributed by atoms with Gasteiger partial charge in [0.2, 0.25) is 0 Å². The fourth-order valence-electron chi connectivity index (χ4n) is 1.45. The summed E-state index contributed by atoms with van der Waals surface area (Å²) in [7, 11) is 1.40. The van der Waals surface area contributed by atoms with Gasteiger partial charge in [-0.3, -0.25) is 0 Å². The van der Waals surface area contributed by atoms with Gasteiger partial charge in [0.05, 0.1) is 11.7 Å². The molecule has 1 N–H and O–H groups in total. The maximum Gasteiger partial charge on any atom is 0.416 e. The van der Waals surface area contributed by atoms with E-state index in [4.69, 9.17) is 9.84 Å². The van der Waals surface area contributed by atoms with Gasteiger partial charge >= 0.3 is 6.18 Å². The van der Waals surface area contributed by atoms with Gasteiger partial charge < -0.3 is 9.84 Å². The number of methoxy groups -OCH3 is 1. The van der Waals surface area contributed by atoms with Crippen molar-refractivity contribution in [2.75, 3.05) is 13.7 Å². The Balaban J connectivity index is 2.97. The highest BCUT2D eigenvalue weighted by Crippen LogP contribution is 2.31. The first kappa shape index (κ1) is 13.0. The second kappa shape index (κ2) is 5.32. The number of alkyl halides is 3. The fourth-order valence-corrected chi connectivity index (χ4v) is 1.45. The first-order valence-electron chi connectivity index (χ1n) is 4.80. The number of aliphatic hydroxyl groups is 1. The molecular formula is C11H13F3O2. The van der Waals surface area contributed by atoms with Crippen molar-refractivity contribution < 1.29 is 23.0 Å². The molecule has 0 saturated heterocycles. The molecule has 0 aliphatic heterocycles. The number of benzene rings is 1. The van der Waals surface area contributed by atoms with Crippen LogP contribution < -0.4 is 0 Å². The summed E-state index contributed by atoms with van der Waals surface area (Å²) in [6.07, 6.45) is -4.59. The van der Waals surface area contributed by atoms with Crippen molar-refractivity contribution in [1.82, 2.24) is 0 Å². The van der Waals surface area contributed by atoms with E-state index in [-0.39, 0.29) is 13.0 Å². The summed E-state index contributed by atoms with van der Waals surface area (Å²) in [5, 5.41) is 8.76. The van der Waals surface area contributed by atoms with Crippen LogP contribution in [0.2, 0.25) is 0 Å². The van der Waals surface area contributed by atoms with Gasteiger partial charge in [-0.05, 0) is 17.7 Å². The molecular weight excluding hydrogens is 221 g/mol. The second-order valence-corrected chi connectivity index (χ2v) is 3.36. The molecule has 0 aliphatic carbocycles. The van der Waals surface area contributed by atoms with Gasteiger partial charge in [-0.25, -0.2) is 0 Å². The number of hydrogen-bond acceptors (Lipinski definition) is 2. The minimum atomic E-state index is -4.35. The zero-order valence-corrected chi connectivity index (χ0v) is 8.79. The number of rotatable bonds is 4. The Labute approximate surface area is 91.7 Å². The van der Waals surface area contributed by atoms with E-state index in [9.17, 15) is 13.2 Å². The molecule has 0 aliphatic rings. The topological polar surface area (TPSA) is 29.5 Å². The molecule has 16 heavy (non-hydrogen) atoms. The number of halogens is 3. The zero-order chi connectivity index (χ0) is 12.2. The summed E-state index contributed by atoms with van der Waals surface area (Å²) in [5.74, 6) is 0. The lowest BCUT2D eigenvalue weighted by Gasteiger charge is -2.16. The average molecular weight is 234 g/mol. The predicted octanol–water partition coefficient (Wildman–Crippen LogP) is 2.78. The average Bonchev–Trinajstić information content (AvgIpc) is 2.25. The molecule has 0 saturated carbocycles. The van der Waals surface area contributed by atoms with Gasteiger partial charge in [0, 0.05) is 20.1 Å². The van der Waals surface area contributed by atoms with Crippen molar-refractivity contribution in [2.24, 2.45) is 0 Å². The monoisotopic (exact) mass is 234 g/mol. The van der Waals surface area contributed by atoms with Crippen LogP contribution in [0, 0.1) is 0 Å². The molecule has 1 aromatic carbocycles. The van der Waals surface area contributed by atoms with E-state index in [1.54, 1.807) is 6.07 Å². The Morgan fingerprint density at radius 2 is 2.06 bits per heavy atom. The molecule has 0 fully saturated rings. The Kier molecular flexibility index (Phi) is 4.32. The van der Waals surface area contributed by atoms with Crippen LogP contribution in [0.3, 0.4) is 0 Å². The molecule has 0 bridgehead atoms. The maximum absolute atomic E-state index is 12.4. The molecule has 0 spiro atoms. The van der Waals surface area contributed by atoms with Crippen LogP contribution in [0.5, 0.6) is 0 Å². The Hall–Kier alpha value is -1.07. The standard InChI is InChI=1S/C11H13F3O2/c1-16-10(5-6-15)8-3-2-4-9(7-8)11(12,13)14/h2-4,7,10,15H,5-6H2,1H3. The van der Waals surface area contributed by atoms with Gasteiger partial charge in [0.25, 0.3) is 0 Å². The third-order valence-electron chi connectivity index (χ3n) is 2.26. The van der Waals surface area contributed by atoms with Crippen molar-refractivity contribution in [3.63, 3.8) is 0 Å². The normalized spacial score (nSPS) is 13.8. The van der Waals surface area contributed by atoms with Crippen molar-refractivity contribution in [3.05, 3.63) is 35.4 Å². The van der Waals surface area contributed by atoms with Crippen LogP contribution in [0.25, 0.3) is 0 Å². The lowest BCUT2D eigenvalue weighted by molar-refractivity contribution is -0.137. The third-order valence-corrected chi connectivity index (χ3v) is 2.26. The molecule has 2 nitrogen and oxygen atoms in total. The molecule has 1 unspecified atom stereocenters. The molecule has 5 heteroatoms. The minimum Gasteiger partial charge on any atom is -0.396 e. The van der Waals surface area contributed by atoms with E-state index in [0.717, 1.165) is 12.1 Å². The molecule has 1 aromatic rings. The lowest BCUT2D eigenvalue weighted by Crippen LogP contribution is -2.08. The molecule has 0 amide bonds. The van der Waals surface area contributed by atoms with Crippen LogP contribution in [-0.4, -0.2) is 18.8 Å². The maximum atomic E-state index is 12.4. The van der Waals surface area contributed by atoms with Crippen molar-refractivity contribution in [1.29, 1.82) is 0 Å². The van der Waals surface area contributed by atoms with Crippen molar-refractivity contribution in [3.8, 4) is 0 Å². The highest BCUT2D eigenvalue weighted by molar-refractivity contribution is 5.27. The molecule has 1 atom stereocenters. The van der Waals surface area contributed by atoms with E-state index in [0.29, 0.717) is 5.56 Å². The number of hydrogen-bond donors (Lipinski definition) is 1. The fraction of sp³-hybridized carbons (Fsp3) is 0.455. The van der Waals surface area contributed by atoms with E-state index >= 15 is 0 Å². The smallest absolute Gasteiger partial charge is 0.396 e. The Morgan fingerprint density at radius 1 is 1.38 bits per heavy atom. The quantitative estimate of drug-likeness (QED) is 0.868. The summed E-state index contributed by atoms with van der Waals surface area (Å²) in [6, 6.07) is 4.94. The Morgan fingerprint density at radius 3 is 2.56 bits per heavy atom. The molecule has 0 radical (unpaired) electrons. The van der Waals surface area contributed by atoms with E-state index in [1.165, 1.54) is 13.2 Å². The predicted molar refractivity (Wildman–Crippen MR) is 52.9 cm³/mol. The number of aliphatic hydroxyl groups excluding tert-OH is 1. The van der Waals surface area contributed by atoms with Crippen LogP contribution in [0.15, 0.2) is 24.3 Å². The SMILES string of the molecule is COC(CCO)c1cccc(C(F)(F)F)c1.